The molecule has 1 aliphatic heterocycles. The van der Waals surface area contributed by atoms with Crippen molar-refractivity contribution in [2.75, 3.05) is 27.9 Å². The summed E-state index contributed by atoms with van der Waals surface area (Å²) in [6.45, 7) is 4.45. The molecule has 0 N–H and O–H groups in total. The molecule has 1 aliphatic rings. The third kappa shape index (κ3) is 4.18. The Labute approximate surface area is 203 Å². The van der Waals surface area contributed by atoms with E-state index in [0.717, 1.165) is 5.56 Å². The average molecular weight is 481 g/mol. The lowest BCUT2D eigenvalue weighted by Gasteiger charge is -2.27. The maximum atomic E-state index is 13.8. The lowest BCUT2D eigenvalue weighted by molar-refractivity contribution is -0.384. The Hall–Kier alpha value is -4.01. The summed E-state index contributed by atoms with van der Waals surface area (Å²) < 4.78 is 22.2. The number of rotatable bonds is 9. The summed E-state index contributed by atoms with van der Waals surface area (Å²) in [5.41, 5.74) is 1.79. The Kier molecular flexibility index (Phi) is 6.68. The van der Waals surface area contributed by atoms with E-state index in [1.54, 1.807) is 37.3 Å². The highest BCUT2D eigenvalue weighted by atomic mass is 16.6. The Balaban J connectivity index is 1.73. The number of nitro benzene ring substituents is 1. The molecule has 0 radical (unpaired) electrons. The van der Waals surface area contributed by atoms with Crippen LogP contribution in [-0.4, -0.2) is 43.6 Å². The molecule has 1 amide bonds. The number of ether oxygens (including phenoxy) is 3. The minimum absolute atomic E-state index is 0.0417. The monoisotopic (exact) mass is 480 g/mol. The van der Waals surface area contributed by atoms with Crippen LogP contribution < -0.4 is 14.2 Å². The molecule has 1 atom stereocenters. The fourth-order valence-electron chi connectivity index (χ4n) is 4.68. The van der Waals surface area contributed by atoms with E-state index in [9.17, 15) is 14.9 Å². The van der Waals surface area contributed by atoms with E-state index in [4.69, 9.17) is 18.6 Å². The molecule has 0 fully saturated rings. The second kappa shape index (κ2) is 9.69. The Morgan fingerprint density at radius 1 is 1.03 bits per heavy atom. The van der Waals surface area contributed by atoms with Crippen LogP contribution >= 0.6 is 0 Å². The first-order valence-corrected chi connectivity index (χ1v) is 11.3. The van der Waals surface area contributed by atoms with Crippen molar-refractivity contribution in [2.24, 2.45) is 5.92 Å². The molecule has 35 heavy (non-hydrogen) atoms. The lowest BCUT2D eigenvalue weighted by Crippen LogP contribution is -2.33. The predicted octanol–water partition coefficient (Wildman–Crippen LogP) is 5.28. The van der Waals surface area contributed by atoms with Gasteiger partial charge < -0.3 is 23.5 Å². The number of benzene rings is 2. The molecule has 0 aliphatic carbocycles. The zero-order valence-electron chi connectivity index (χ0n) is 20.4. The SMILES string of the molecule is COc1ccc(CCN2C(=O)c3c(oc(OC)c3-c3ccccc3[N+](=O)[O-])C2C(C)C)cc1OC. The maximum Gasteiger partial charge on any atom is 0.293 e. The molecular weight excluding hydrogens is 452 g/mol. The van der Waals surface area contributed by atoms with Gasteiger partial charge >= 0.3 is 0 Å². The molecule has 9 nitrogen and oxygen atoms in total. The second-order valence-corrected chi connectivity index (χ2v) is 8.61. The number of hydrogen-bond donors (Lipinski definition) is 0. The summed E-state index contributed by atoms with van der Waals surface area (Å²) in [6.07, 6.45) is 0.581. The summed E-state index contributed by atoms with van der Waals surface area (Å²) in [5, 5.41) is 11.7. The molecular formula is C26H28N2O7. The summed E-state index contributed by atoms with van der Waals surface area (Å²) in [5.74, 6) is 1.63. The van der Waals surface area contributed by atoms with Gasteiger partial charge in [0.25, 0.3) is 17.5 Å². The van der Waals surface area contributed by atoms with Gasteiger partial charge in [-0.25, -0.2) is 0 Å². The number of nitro groups is 1. The van der Waals surface area contributed by atoms with Crippen molar-refractivity contribution in [3.05, 3.63) is 69.5 Å². The summed E-state index contributed by atoms with van der Waals surface area (Å²) >= 11 is 0. The second-order valence-electron chi connectivity index (χ2n) is 8.61. The van der Waals surface area contributed by atoms with E-state index in [2.05, 4.69) is 0 Å². The molecule has 1 aromatic heterocycles. The van der Waals surface area contributed by atoms with Gasteiger partial charge in [0.15, 0.2) is 11.5 Å². The number of carbonyl (C=O) groups excluding carboxylic acids is 1. The van der Waals surface area contributed by atoms with Gasteiger partial charge in [0.1, 0.15) is 5.76 Å². The molecule has 0 bridgehead atoms. The van der Waals surface area contributed by atoms with Crippen LogP contribution in [0.2, 0.25) is 0 Å². The molecule has 0 saturated carbocycles. The van der Waals surface area contributed by atoms with Crippen molar-refractivity contribution in [3.8, 4) is 28.6 Å². The van der Waals surface area contributed by atoms with Gasteiger partial charge in [-0.15, -0.1) is 0 Å². The minimum atomic E-state index is -0.470. The number of para-hydroxylation sites is 1. The number of hydrogen-bond acceptors (Lipinski definition) is 7. The molecule has 2 aromatic carbocycles. The summed E-state index contributed by atoms with van der Waals surface area (Å²) in [6, 6.07) is 11.6. The van der Waals surface area contributed by atoms with E-state index < -0.39 is 4.92 Å². The van der Waals surface area contributed by atoms with Gasteiger partial charge in [0, 0.05) is 12.6 Å². The van der Waals surface area contributed by atoms with Crippen LogP contribution in [-0.2, 0) is 6.42 Å². The third-order valence-electron chi connectivity index (χ3n) is 6.26. The van der Waals surface area contributed by atoms with Crippen molar-refractivity contribution in [2.45, 2.75) is 26.3 Å². The molecule has 1 unspecified atom stereocenters. The van der Waals surface area contributed by atoms with Crippen LogP contribution in [0, 0.1) is 16.0 Å². The fraction of sp³-hybridized carbons (Fsp3) is 0.346. The molecule has 4 rings (SSSR count). The minimum Gasteiger partial charge on any atom is -0.493 e. The molecule has 0 saturated heterocycles. The number of nitrogens with zero attached hydrogens (tertiary/aromatic N) is 2. The van der Waals surface area contributed by atoms with Crippen molar-refractivity contribution in [3.63, 3.8) is 0 Å². The maximum absolute atomic E-state index is 13.8. The van der Waals surface area contributed by atoms with Gasteiger partial charge in [-0.05, 0) is 36.1 Å². The van der Waals surface area contributed by atoms with E-state index in [0.29, 0.717) is 41.4 Å². The first-order valence-electron chi connectivity index (χ1n) is 11.3. The van der Waals surface area contributed by atoms with Crippen molar-refractivity contribution in [1.29, 1.82) is 0 Å². The third-order valence-corrected chi connectivity index (χ3v) is 6.26. The van der Waals surface area contributed by atoms with E-state index >= 15 is 0 Å². The number of amides is 1. The number of carbonyl (C=O) groups is 1. The predicted molar refractivity (Wildman–Crippen MR) is 129 cm³/mol. The van der Waals surface area contributed by atoms with Gasteiger partial charge in [-0.3, -0.25) is 14.9 Å². The Morgan fingerprint density at radius 2 is 1.74 bits per heavy atom. The van der Waals surface area contributed by atoms with E-state index in [1.807, 2.05) is 32.0 Å². The highest BCUT2D eigenvalue weighted by Crippen LogP contribution is 2.50. The normalized spacial score (nSPS) is 14.9. The van der Waals surface area contributed by atoms with Gasteiger partial charge in [0.2, 0.25) is 0 Å². The summed E-state index contributed by atoms with van der Waals surface area (Å²) in [4.78, 5) is 26.8. The largest absolute Gasteiger partial charge is 0.493 e. The van der Waals surface area contributed by atoms with Crippen LogP contribution in [0.5, 0.6) is 17.4 Å². The highest BCUT2D eigenvalue weighted by Gasteiger charge is 2.46. The van der Waals surface area contributed by atoms with Crippen molar-refractivity contribution < 1.29 is 28.3 Å². The molecule has 0 spiro atoms. The zero-order valence-corrected chi connectivity index (χ0v) is 20.4. The molecule has 9 heteroatoms. The van der Waals surface area contributed by atoms with E-state index in [-0.39, 0.29) is 35.1 Å². The highest BCUT2D eigenvalue weighted by molar-refractivity contribution is 6.06. The van der Waals surface area contributed by atoms with Gasteiger partial charge in [-0.2, -0.15) is 0 Å². The fourth-order valence-corrected chi connectivity index (χ4v) is 4.68. The Morgan fingerprint density at radius 3 is 2.37 bits per heavy atom. The topological polar surface area (TPSA) is 104 Å². The number of fused-ring (bicyclic) bond motifs is 1. The van der Waals surface area contributed by atoms with Gasteiger partial charge in [0.05, 0.1) is 49.0 Å². The number of furan rings is 1. The van der Waals surface area contributed by atoms with Crippen molar-refractivity contribution in [1.82, 2.24) is 4.90 Å². The van der Waals surface area contributed by atoms with Crippen LogP contribution in [0.25, 0.3) is 11.1 Å². The number of methoxy groups -OCH3 is 3. The molecule has 3 aromatic rings. The Bertz CT molecular complexity index is 1260. The smallest absolute Gasteiger partial charge is 0.293 e. The zero-order chi connectivity index (χ0) is 25.3. The molecule has 184 valence electrons. The van der Waals surface area contributed by atoms with E-state index in [1.165, 1.54) is 13.2 Å². The molecule has 2 heterocycles. The quantitative estimate of drug-likeness (QED) is 0.303. The summed E-state index contributed by atoms with van der Waals surface area (Å²) in [7, 11) is 4.59. The van der Waals surface area contributed by atoms with Crippen LogP contribution in [0.1, 0.15) is 41.6 Å². The van der Waals surface area contributed by atoms with Crippen molar-refractivity contribution >= 4 is 11.6 Å². The average Bonchev–Trinajstić information content (AvgIpc) is 3.36. The first-order chi connectivity index (χ1) is 16.8. The standard InChI is InChI=1S/C26H28N2O7/c1-15(2)23-24-22(21(26(34-5)35-24)17-8-6-7-9-18(17)28(30)31)25(29)27(23)13-12-16-10-11-19(32-3)20(14-16)33-4/h6-11,14-15,23H,12-13H2,1-5H3. The first kappa shape index (κ1) is 24.1. The lowest BCUT2D eigenvalue weighted by atomic mass is 9.98. The van der Waals surface area contributed by atoms with Crippen LogP contribution in [0.15, 0.2) is 46.9 Å². The van der Waals surface area contributed by atoms with Crippen LogP contribution in [0.3, 0.4) is 0 Å². The van der Waals surface area contributed by atoms with Gasteiger partial charge in [-0.1, -0.05) is 32.0 Å². The van der Waals surface area contributed by atoms with Crippen LogP contribution in [0.4, 0.5) is 5.69 Å².